The van der Waals surface area contributed by atoms with E-state index in [1.807, 2.05) is 30.3 Å². The molecule has 0 radical (unpaired) electrons. The van der Waals surface area contributed by atoms with Crippen molar-refractivity contribution in [2.45, 2.75) is 25.7 Å². The molecule has 2 aromatic rings. The van der Waals surface area contributed by atoms with E-state index in [-0.39, 0.29) is 24.1 Å². The van der Waals surface area contributed by atoms with Gasteiger partial charge < -0.3 is 10.1 Å². The van der Waals surface area contributed by atoms with E-state index in [1.54, 1.807) is 18.2 Å². The fourth-order valence-electron chi connectivity index (χ4n) is 3.63. The van der Waals surface area contributed by atoms with E-state index in [4.69, 9.17) is 16.3 Å². The van der Waals surface area contributed by atoms with Crippen molar-refractivity contribution in [3.05, 3.63) is 59.1 Å². The average molecular weight is 451 g/mol. The number of sulfonamides is 1. The Hall–Kier alpha value is -2.09. The van der Waals surface area contributed by atoms with Gasteiger partial charge in [-0.25, -0.2) is 12.7 Å². The number of methoxy groups -OCH3 is 1. The number of aryl methyl sites for hydroxylation is 1. The van der Waals surface area contributed by atoms with E-state index in [0.717, 1.165) is 12.0 Å². The highest BCUT2D eigenvalue weighted by Gasteiger charge is 2.32. The molecule has 1 aliphatic rings. The molecule has 0 spiro atoms. The highest BCUT2D eigenvalue weighted by Crippen LogP contribution is 2.28. The van der Waals surface area contributed by atoms with Gasteiger partial charge in [0.25, 0.3) is 0 Å². The summed E-state index contributed by atoms with van der Waals surface area (Å²) in [5, 5.41) is 3.24. The van der Waals surface area contributed by atoms with Crippen molar-refractivity contribution in [3.8, 4) is 5.75 Å². The van der Waals surface area contributed by atoms with Crippen molar-refractivity contribution in [2.75, 3.05) is 31.3 Å². The number of hydrogen-bond acceptors (Lipinski definition) is 4. The van der Waals surface area contributed by atoms with Crippen molar-refractivity contribution in [2.24, 2.45) is 5.92 Å². The van der Waals surface area contributed by atoms with Crippen LogP contribution in [0.5, 0.6) is 5.75 Å². The number of ether oxygens (including phenoxy) is 1. The van der Waals surface area contributed by atoms with Gasteiger partial charge in [-0.2, -0.15) is 0 Å². The summed E-state index contributed by atoms with van der Waals surface area (Å²) in [5.41, 5.74) is 1.69. The summed E-state index contributed by atoms with van der Waals surface area (Å²) in [4.78, 5) is 12.7. The minimum absolute atomic E-state index is 0.0876. The standard InChI is InChI=1S/C22H27ClN2O4S/c1-29-21-12-11-19(15-20(21)23)24-22(26)18-10-5-13-25(16-18)30(27,28)14-6-9-17-7-3-2-4-8-17/h2-4,7-8,11-12,15,18H,5-6,9-10,13-14,16H2,1H3,(H,24,26)/t18-/m0/s1. The highest BCUT2D eigenvalue weighted by atomic mass is 35.5. The number of piperidine rings is 1. The van der Waals surface area contributed by atoms with Gasteiger partial charge in [-0.1, -0.05) is 41.9 Å². The zero-order valence-corrected chi connectivity index (χ0v) is 18.6. The van der Waals surface area contributed by atoms with Gasteiger partial charge in [0.2, 0.25) is 15.9 Å². The van der Waals surface area contributed by atoms with E-state index in [2.05, 4.69) is 5.32 Å². The molecular weight excluding hydrogens is 424 g/mol. The number of carbonyl (C=O) groups is 1. The first-order chi connectivity index (χ1) is 14.4. The maximum Gasteiger partial charge on any atom is 0.228 e. The van der Waals surface area contributed by atoms with Crippen molar-refractivity contribution in [3.63, 3.8) is 0 Å². The van der Waals surface area contributed by atoms with Gasteiger partial charge in [-0.05, 0) is 49.4 Å². The molecule has 0 saturated carbocycles. The molecule has 8 heteroatoms. The molecular formula is C22H27ClN2O4S. The number of nitrogens with zero attached hydrogens (tertiary/aromatic N) is 1. The molecule has 1 atom stereocenters. The second-order valence-electron chi connectivity index (χ2n) is 7.44. The van der Waals surface area contributed by atoms with Crippen LogP contribution >= 0.6 is 11.6 Å². The molecule has 0 aromatic heterocycles. The van der Waals surface area contributed by atoms with Crippen LogP contribution in [0.4, 0.5) is 5.69 Å². The van der Waals surface area contributed by atoms with Crippen LogP contribution in [-0.2, 0) is 21.2 Å². The van der Waals surface area contributed by atoms with Crippen molar-refractivity contribution >= 4 is 33.2 Å². The first-order valence-corrected chi connectivity index (χ1v) is 12.0. The largest absolute Gasteiger partial charge is 0.495 e. The lowest BCUT2D eigenvalue weighted by Gasteiger charge is -2.31. The molecule has 2 aromatic carbocycles. The van der Waals surface area contributed by atoms with Crippen molar-refractivity contribution < 1.29 is 17.9 Å². The monoisotopic (exact) mass is 450 g/mol. The Morgan fingerprint density at radius 2 is 2.00 bits per heavy atom. The van der Waals surface area contributed by atoms with E-state index in [9.17, 15) is 13.2 Å². The predicted octanol–water partition coefficient (Wildman–Crippen LogP) is 3.96. The van der Waals surface area contributed by atoms with Crippen LogP contribution in [0.15, 0.2) is 48.5 Å². The second-order valence-corrected chi connectivity index (χ2v) is 9.94. The lowest BCUT2D eigenvalue weighted by Crippen LogP contribution is -2.44. The summed E-state index contributed by atoms with van der Waals surface area (Å²) < 4.78 is 32.1. The first-order valence-electron chi connectivity index (χ1n) is 10.0. The fraction of sp³-hybridized carbons (Fsp3) is 0.409. The summed E-state index contributed by atoms with van der Waals surface area (Å²) in [6.07, 6.45) is 2.60. The lowest BCUT2D eigenvalue weighted by atomic mass is 9.98. The van der Waals surface area contributed by atoms with Gasteiger partial charge in [0.1, 0.15) is 5.75 Å². The third-order valence-corrected chi connectivity index (χ3v) is 7.50. The number of rotatable bonds is 8. The number of halogens is 1. The molecule has 0 aliphatic carbocycles. The highest BCUT2D eigenvalue weighted by molar-refractivity contribution is 7.89. The number of carbonyl (C=O) groups excluding carboxylic acids is 1. The Balaban J connectivity index is 1.55. The van der Waals surface area contributed by atoms with Gasteiger partial charge in [-0.3, -0.25) is 4.79 Å². The molecule has 1 heterocycles. The predicted molar refractivity (Wildman–Crippen MR) is 119 cm³/mol. The number of anilines is 1. The first kappa shape index (κ1) is 22.6. The van der Waals surface area contributed by atoms with Crippen LogP contribution in [0.1, 0.15) is 24.8 Å². The zero-order valence-electron chi connectivity index (χ0n) is 17.0. The molecule has 1 fully saturated rings. The normalized spacial score (nSPS) is 17.5. The van der Waals surface area contributed by atoms with Gasteiger partial charge >= 0.3 is 0 Å². The Morgan fingerprint density at radius 3 is 2.70 bits per heavy atom. The summed E-state index contributed by atoms with van der Waals surface area (Å²) in [7, 11) is -1.87. The van der Waals surface area contributed by atoms with Crippen LogP contribution in [0.25, 0.3) is 0 Å². The molecule has 1 saturated heterocycles. The quantitative estimate of drug-likeness (QED) is 0.660. The number of amides is 1. The van der Waals surface area contributed by atoms with E-state index in [0.29, 0.717) is 42.3 Å². The second kappa shape index (κ2) is 10.3. The smallest absolute Gasteiger partial charge is 0.228 e. The summed E-state index contributed by atoms with van der Waals surface area (Å²) in [6, 6.07) is 14.9. The Morgan fingerprint density at radius 1 is 1.23 bits per heavy atom. The van der Waals surface area contributed by atoms with Gasteiger partial charge in [0.15, 0.2) is 0 Å². The van der Waals surface area contributed by atoms with Crippen molar-refractivity contribution in [1.82, 2.24) is 4.31 Å². The van der Waals surface area contributed by atoms with E-state index >= 15 is 0 Å². The van der Waals surface area contributed by atoms with Crippen molar-refractivity contribution in [1.29, 1.82) is 0 Å². The lowest BCUT2D eigenvalue weighted by molar-refractivity contribution is -0.120. The molecule has 0 unspecified atom stereocenters. The minimum Gasteiger partial charge on any atom is -0.495 e. The number of hydrogen-bond donors (Lipinski definition) is 1. The van der Waals surface area contributed by atoms with Crippen LogP contribution in [0, 0.1) is 5.92 Å². The van der Waals surface area contributed by atoms with Gasteiger partial charge in [0.05, 0.1) is 23.8 Å². The third-order valence-electron chi connectivity index (χ3n) is 5.28. The summed E-state index contributed by atoms with van der Waals surface area (Å²) >= 11 is 6.11. The zero-order chi connectivity index (χ0) is 21.6. The summed E-state index contributed by atoms with van der Waals surface area (Å²) in [5.74, 6) is 0.0358. The fourth-order valence-corrected chi connectivity index (χ4v) is 5.47. The minimum atomic E-state index is -3.39. The van der Waals surface area contributed by atoms with Crippen LogP contribution in [0.3, 0.4) is 0 Å². The van der Waals surface area contributed by atoms with Crippen LogP contribution in [-0.4, -0.2) is 44.6 Å². The molecule has 3 rings (SSSR count). The SMILES string of the molecule is COc1ccc(NC(=O)[C@H]2CCCN(S(=O)(=O)CCCc3ccccc3)C2)cc1Cl. The van der Waals surface area contributed by atoms with Crippen LogP contribution < -0.4 is 10.1 Å². The maximum atomic E-state index is 12.8. The maximum absolute atomic E-state index is 12.8. The Kier molecular flexibility index (Phi) is 7.75. The molecule has 1 N–H and O–H groups in total. The summed E-state index contributed by atoms with van der Waals surface area (Å²) in [6.45, 7) is 0.676. The Labute approximate surface area is 183 Å². The molecule has 1 aliphatic heterocycles. The van der Waals surface area contributed by atoms with E-state index < -0.39 is 10.0 Å². The van der Waals surface area contributed by atoms with Crippen LogP contribution in [0.2, 0.25) is 5.02 Å². The molecule has 6 nitrogen and oxygen atoms in total. The molecule has 1 amide bonds. The third kappa shape index (κ3) is 5.97. The van der Waals surface area contributed by atoms with Gasteiger partial charge in [-0.15, -0.1) is 0 Å². The topological polar surface area (TPSA) is 75.7 Å². The number of nitrogens with one attached hydrogen (secondary N) is 1. The molecule has 30 heavy (non-hydrogen) atoms. The number of benzene rings is 2. The molecule has 0 bridgehead atoms. The molecule has 162 valence electrons. The van der Waals surface area contributed by atoms with Gasteiger partial charge in [0, 0.05) is 18.8 Å². The Bertz CT molecular complexity index is 966. The average Bonchev–Trinajstić information content (AvgIpc) is 2.74. The van der Waals surface area contributed by atoms with E-state index in [1.165, 1.54) is 11.4 Å².